The summed E-state index contributed by atoms with van der Waals surface area (Å²) in [6.07, 6.45) is 5.87. The summed E-state index contributed by atoms with van der Waals surface area (Å²) < 4.78 is 1.82. The first-order valence-corrected chi connectivity index (χ1v) is 5.25. The van der Waals surface area contributed by atoms with Crippen LogP contribution in [0.2, 0.25) is 0 Å². The number of aromatic nitrogens is 4. The zero-order valence-corrected chi connectivity index (χ0v) is 9.46. The normalized spacial score (nSPS) is 12.7. The van der Waals surface area contributed by atoms with Crippen LogP contribution in [0.3, 0.4) is 0 Å². The maximum atomic E-state index is 6.14. The van der Waals surface area contributed by atoms with Crippen LogP contribution in [-0.2, 0) is 13.5 Å². The number of nitrogens with two attached hydrogens (primary N) is 1. The molecule has 0 aliphatic rings. The molecule has 5 heteroatoms. The molecule has 2 aromatic heterocycles. The van der Waals surface area contributed by atoms with E-state index in [1.165, 1.54) is 6.33 Å². The molecule has 0 fully saturated rings. The van der Waals surface area contributed by atoms with Gasteiger partial charge in [0.15, 0.2) is 0 Å². The second-order valence-electron chi connectivity index (χ2n) is 3.69. The van der Waals surface area contributed by atoms with Crippen LogP contribution in [0.25, 0.3) is 0 Å². The number of hydrogen-bond acceptors (Lipinski definition) is 4. The minimum atomic E-state index is -0.223. The fraction of sp³-hybridized carbons (Fsp3) is 0.364. The summed E-state index contributed by atoms with van der Waals surface area (Å²) in [5.74, 6) is 0. The zero-order chi connectivity index (χ0) is 11.5. The molecule has 0 saturated heterocycles. The van der Waals surface area contributed by atoms with E-state index >= 15 is 0 Å². The van der Waals surface area contributed by atoms with Crippen LogP contribution in [0.15, 0.2) is 24.8 Å². The van der Waals surface area contributed by atoms with Crippen LogP contribution in [0.4, 0.5) is 0 Å². The maximum Gasteiger partial charge on any atom is 0.115 e. The van der Waals surface area contributed by atoms with E-state index < -0.39 is 0 Å². The van der Waals surface area contributed by atoms with Gasteiger partial charge in [0.05, 0.1) is 17.4 Å². The molecule has 2 heterocycles. The molecule has 84 valence electrons. The molecule has 16 heavy (non-hydrogen) atoms. The largest absolute Gasteiger partial charge is 0.319 e. The van der Waals surface area contributed by atoms with E-state index in [1.807, 2.05) is 17.8 Å². The lowest BCUT2D eigenvalue weighted by molar-refractivity contribution is 0.663. The molecule has 0 radical (unpaired) electrons. The van der Waals surface area contributed by atoms with Crippen molar-refractivity contribution >= 4 is 0 Å². The van der Waals surface area contributed by atoms with Crippen molar-refractivity contribution < 1.29 is 0 Å². The summed E-state index contributed by atoms with van der Waals surface area (Å²) in [5, 5.41) is 4.37. The third-order valence-electron chi connectivity index (χ3n) is 2.59. The van der Waals surface area contributed by atoms with E-state index in [0.29, 0.717) is 0 Å². The van der Waals surface area contributed by atoms with E-state index in [9.17, 15) is 0 Å². The summed E-state index contributed by atoms with van der Waals surface area (Å²) in [6.45, 7) is 2.07. The standard InChI is InChI=1S/C11H15N5/c1-3-9-4-10(16(2)15-9)11(12)8-5-13-7-14-6-8/h4-7,11H,3,12H2,1-2H3. The molecular formula is C11H15N5. The first-order valence-electron chi connectivity index (χ1n) is 5.25. The van der Waals surface area contributed by atoms with Crippen molar-refractivity contribution in [3.63, 3.8) is 0 Å². The van der Waals surface area contributed by atoms with Crippen LogP contribution in [0.1, 0.15) is 29.9 Å². The Bertz CT molecular complexity index is 462. The van der Waals surface area contributed by atoms with Gasteiger partial charge in [0.25, 0.3) is 0 Å². The number of hydrogen-bond donors (Lipinski definition) is 1. The molecule has 0 aliphatic heterocycles. The van der Waals surface area contributed by atoms with Gasteiger partial charge in [0.2, 0.25) is 0 Å². The van der Waals surface area contributed by atoms with E-state index in [0.717, 1.165) is 23.4 Å². The quantitative estimate of drug-likeness (QED) is 0.826. The molecular weight excluding hydrogens is 202 g/mol. The van der Waals surface area contributed by atoms with Gasteiger partial charge in [-0.2, -0.15) is 5.10 Å². The van der Waals surface area contributed by atoms with Gasteiger partial charge in [-0.25, -0.2) is 9.97 Å². The highest BCUT2D eigenvalue weighted by Crippen LogP contribution is 2.18. The highest BCUT2D eigenvalue weighted by molar-refractivity contribution is 5.24. The van der Waals surface area contributed by atoms with Crippen LogP contribution in [-0.4, -0.2) is 19.7 Å². The number of nitrogens with zero attached hydrogens (tertiary/aromatic N) is 4. The van der Waals surface area contributed by atoms with Crippen molar-refractivity contribution in [1.82, 2.24) is 19.7 Å². The molecule has 0 saturated carbocycles. The minimum Gasteiger partial charge on any atom is -0.319 e. The van der Waals surface area contributed by atoms with Gasteiger partial charge < -0.3 is 5.73 Å². The smallest absolute Gasteiger partial charge is 0.115 e. The number of rotatable bonds is 3. The van der Waals surface area contributed by atoms with Crippen molar-refractivity contribution in [3.8, 4) is 0 Å². The lowest BCUT2D eigenvalue weighted by Crippen LogP contribution is -2.16. The molecule has 2 rings (SSSR count). The Balaban J connectivity index is 2.33. The molecule has 0 amide bonds. The van der Waals surface area contributed by atoms with Gasteiger partial charge in [-0.1, -0.05) is 6.92 Å². The second kappa shape index (κ2) is 4.40. The van der Waals surface area contributed by atoms with Crippen molar-refractivity contribution in [2.24, 2.45) is 12.8 Å². The van der Waals surface area contributed by atoms with Crippen molar-refractivity contribution in [1.29, 1.82) is 0 Å². The minimum absolute atomic E-state index is 0.223. The predicted octanol–water partition coefficient (Wildman–Crippen LogP) is 0.821. The van der Waals surface area contributed by atoms with E-state index in [1.54, 1.807) is 12.4 Å². The van der Waals surface area contributed by atoms with Gasteiger partial charge in [-0.05, 0) is 12.5 Å². The van der Waals surface area contributed by atoms with E-state index in [4.69, 9.17) is 5.73 Å². The molecule has 2 N–H and O–H groups in total. The van der Waals surface area contributed by atoms with Crippen LogP contribution in [0.5, 0.6) is 0 Å². The Morgan fingerprint density at radius 1 is 1.38 bits per heavy atom. The molecule has 0 aromatic carbocycles. The molecule has 1 unspecified atom stereocenters. The summed E-state index contributed by atoms with van der Waals surface area (Å²) >= 11 is 0. The Morgan fingerprint density at radius 2 is 2.06 bits per heavy atom. The number of aryl methyl sites for hydroxylation is 2. The maximum absolute atomic E-state index is 6.14. The Hall–Kier alpha value is -1.75. The summed E-state index contributed by atoms with van der Waals surface area (Å²) in [6, 6.07) is 1.80. The Labute approximate surface area is 94.3 Å². The lowest BCUT2D eigenvalue weighted by atomic mass is 10.1. The highest BCUT2D eigenvalue weighted by atomic mass is 15.3. The van der Waals surface area contributed by atoms with Crippen molar-refractivity contribution in [3.05, 3.63) is 41.7 Å². The topological polar surface area (TPSA) is 69.6 Å². The third kappa shape index (κ3) is 1.94. The summed E-state index contributed by atoms with van der Waals surface area (Å²) in [5.41, 5.74) is 9.07. The van der Waals surface area contributed by atoms with Crippen LogP contribution in [0, 0.1) is 0 Å². The van der Waals surface area contributed by atoms with Gasteiger partial charge in [-0.15, -0.1) is 0 Å². The van der Waals surface area contributed by atoms with Gasteiger partial charge >= 0.3 is 0 Å². The fourth-order valence-corrected chi connectivity index (χ4v) is 1.65. The van der Waals surface area contributed by atoms with Gasteiger partial charge in [0, 0.05) is 25.0 Å². The molecule has 0 aliphatic carbocycles. The van der Waals surface area contributed by atoms with Crippen molar-refractivity contribution in [2.75, 3.05) is 0 Å². The Kier molecular flexibility index (Phi) is 2.96. The second-order valence-corrected chi connectivity index (χ2v) is 3.69. The first-order chi connectivity index (χ1) is 7.72. The molecule has 0 bridgehead atoms. The summed E-state index contributed by atoms with van der Waals surface area (Å²) in [7, 11) is 1.90. The Morgan fingerprint density at radius 3 is 2.62 bits per heavy atom. The SMILES string of the molecule is CCc1cc(C(N)c2cncnc2)n(C)n1. The molecule has 0 spiro atoms. The van der Waals surface area contributed by atoms with Crippen LogP contribution < -0.4 is 5.73 Å². The van der Waals surface area contributed by atoms with Crippen molar-refractivity contribution in [2.45, 2.75) is 19.4 Å². The average Bonchev–Trinajstić information content (AvgIpc) is 2.71. The predicted molar refractivity (Wildman–Crippen MR) is 60.6 cm³/mol. The van der Waals surface area contributed by atoms with E-state index in [-0.39, 0.29) is 6.04 Å². The van der Waals surface area contributed by atoms with E-state index in [2.05, 4.69) is 22.0 Å². The third-order valence-corrected chi connectivity index (χ3v) is 2.59. The molecule has 5 nitrogen and oxygen atoms in total. The molecule has 1 atom stereocenters. The highest BCUT2D eigenvalue weighted by Gasteiger charge is 2.14. The first kappa shape index (κ1) is 10.8. The lowest BCUT2D eigenvalue weighted by Gasteiger charge is -2.10. The van der Waals surface area contributed by atoms with Crippen LogP contribution >= 0.6 is 0 Å². The molecule has 2 aromatic rings. The van der Waals surface area contributed by atoms with Gasteiger partial charge in [-0.3, -0.25) is 4.68 Å². The summed E-state index contributed by atoms with van der Waals surface area (Å²) in [4.78, 5) is 7.93. The van der Waals surface area contributed by atoms with Gasteiger partial charge in [0.1, 0.15) is 6.33 Å². The fourth-order valence-electron chi connectivity index (χ4n) is 1.65. The monoisotopic (exact) mass is 217 g/mol. The average molecular weight is 217 g/mol. The zero-order valence-electron chi connectivity index (χ0n) is 9.46.